The predicted molar refractivity (Wildman–Crippen MR) is 67.7 cm³/mol. The normalized spacial score (nSPS) is 33.5. The Morgan fingerprint density at radius 3 is 2.35 bits per heavy atom. The molecule has 0 bridgehead atoms. The average molecular weight is 237 g/mol. The molecule has 0 N–H and O–H groups in total. The average Bonchev–Trinajstić information content (AvgIpc) is 2.12. The third-order valence-corrected chi connectivity index (χ3v) is 3.47. The quantitative estimate of drug-likeness (QED) is 0.701. The number of hydrogen-bond acceptors (Lipinski definition) is 3. The molecule has 0 aromatic heterocycles. The SMILES string of the molecule is C[C@@H]1CN(C2=CC(=O)CC(C)(C)C2)C[C@@H](C)O1. The van der Waals surface area contributed by atoms with Gasteiger partial charge in [-0.15, -0.1) is 0 Å². The van der Waals surface area contributed by atoms with Crippen molar-refractivity contribution in [3.05, 3.63) is 11.8 Å². The number of nitrogens with zero attached hydrogens (tertiary/aromatic N) is 1. The Morgan fingerprint density at radius 2 is 1.82 bits per heavy atom. The summed E-state index contributed by atoms with van der Waals surface area (Å²) in [5.41, 5.74) is 1.31. The standard InChI is InChI=1S/C14H23NO2/c1-10-8-15(9-11(2)17-10)12-5-13(16)7-14(3,4)6-12/h5,10-11H,6-9H2,1-4H3/t10-,11-/m1/s1. The van der Waals surface area contributed by atoms with E-state index in [1.54, 1.807) is 0 Å². The predicted octanol–water partition coefficient (Wildman–Crippen LogP) is 2.37. The second-order valence-corrected chi connectivity index (χ2v) is 6.28. The zero-order valence-corrected chi connectivity index (χ0v) is 11.3. The molecule has 3 nitrogen and oxygen atoms in total. The van der Waals surface area contributed by atoms with Gasteiger partial charge in [0.25, 0.3) is 0 Å². The molecule has 0 saturated carbocycles. The summed E-state index contributed by atoms with van der Waals surface area (Å²) < 4.78 is 5.73. The van der Waals surface area contributed by atoms with Crippen molar-refractivity contribution in [1.82, 2.24) is 4.90 Å². The molecule has 0 spiro atoms. The lowest BCUT2D eigenvalue weighted by atomic mass is 9.78. The van der Waals surface area contributed by atoms with E-state index in [1.165, 1.54) is 5.70 Å². The van der Waals surface area contributed by atoms with Crippen LogP contribution in [0.15, 0.2) is 11.8 Å². The Morgan fingerprint density at radius 1 is 1.24 bits per heavy atom. The largest absolute Gasteiger partial charge is 0.372 e. The summed E-state index contributed by atoms with van der Waals surface area (Å²) in [5, 5.41) is 0. The van der Waals surface area contributed by atoms with E-state index >= 15 is 0 Å². The molecule has 0 unspecified atom stereocenters. The first-order valence-electron chi connectivity index (χ1n) is 6.49. The monoisotopic (exact) mass is 237 g/mol. The zero-order valence-electron chi connectivity index (χ0n) is 11.3. The van der Waals surface area contributed by atoms with Crippen LogP contribution in [0.5, 0.6) is 0 Å². The van der Waals surface area contributed by atoms with Gasteiger partial charge in [-0.25, -0.2) is 0 Å². The van der Waals surface area contributed by atoms with E-state index < -0.39 is 0 Å². The molecule has 0 radical (unpaired) electrons. The highest BCUT2D eigenvalue weighted by Gasteiger charge is 2.32. The second kappa shape index (κ2) is 4.45. The van der Waals surface area contributed by atoms with Crippen molar-refractivity contribution in [2.75, 3.05) is 13.1 Å². The number of ether oxygens (including phenoxy) is 1. The maximum absolute atomic E-state index is 11.8. The Kier molecular flexibility index (Phi) is 3.30. The van der Waals surface area contributed by atoms with Crippen molar-refractivity contribution in [2.45, 2.75) is 52.7 Å². The minimum atomic E-state index is 0.103. The van der Waals surface area contributed by atoms with E-state index in [9.17, 15) is 4.79 Å². The molecule has 2 aliphatic rings. The summed E-state index contributed by atoms with van der Waals surface area (Å²) in [6, 6.07) is 0. The van der Waals surface area contributed by atoms with Crippen LogP contribution in [0.3, 0.4) is 0 Å². The molecular formula is C14H23NO2. The van der Waals surface area contributed by atoms with Gasteiger partial charge in [0.2, 0.25) is 0 Å². The molecule has 0 amide bonds. The van der Waals surface area contributed by atoms with E-state index in [1.807, 2.05) is 6.08 Å². The molecule has 1 aliphatic heterocycles. The molecule has 2 rings (SSSR count). The van der Waals surface area contributed by atoms with Gasteiger partial charge in [0.05, 0.1) is 12.2 Å². The fourth-order valence-corrected chi connectivity index (χ4v) is 2.93. The van der Waals surface area contributed by atoms with Crippen LogP contribution >= 0.6 is 0 Å². The van der Waals surface area contributed by atoms with Crippen molar-refractivity contribution in [3.8, 4) is 0 Å². The summed E-state index contributed by atoms with van der Waals surface area (Å²) >= 11 is 0. The minimum absolute atomic E-state index is 0.103. The van der Waals surface area contributed by atoms with Gasteiger partial charge < -0.3 is 9.64 Å². The topological polar surface area (TPSA) is 29.5 Å². The molecule has 3 heteroatoms. The van der Waals surface area contributed by atoms with Crippen molar-refractivity contribution >= 4 is 5.78 Å². The van der Waals surface area contributed by atoms with Gasteiger partial charge in [0.1, 0.15) is 0 Å². The maximum Gasteiger partial charge on any atom is 0.157 e. The molecule has 1 saturated heterocycles. The lowest BCUT2D eigenvalue weighted by Gasteiger charge is -2.41. The van der Waals surface area contributed by atoms with E-state index in [0.29, 0.717) is 6.42 Å². The van der Waals surface area contributed by atoms with E-state index in [2.05, 4.69) is 32.6 Å². The summed E-state index contributed by atoms with van der Waals surface area (Å²) in [7, 11) is 0. The number of ketones is 1. The Balaban J connectivity index is 2.13. The van der Waals surface area contributed by atoms with Crippen molar-refractivity contribution < 1.29 is 9.53 Å². The maximum atomic E-state index is 11.8. The molecule has 96 valence electrons. The molecule has 17 heavy (non-hydrogen) atoms. The highest BCUT2D eigenvalue weighted by Crippen LogP contribution is 2.35. The molecule has 1 aliphatic carbocycles. The van der Waals surface area contributed by atoms with Crippen LogP contribution in [0.4, 0.5) is 0 Å². The third-order valence-electron chi connectivity index (χ3n) is 3.47. The molecule has 2 atom stereocenters. The van der Waals surface area contributed by atoms with Gasteiger partial charge in [-0.05, 0) is 25.7 Å². The molecule has 0 aromatic rings. The first kappa shape index (κ1) is 12.6. The van der Waals surface area contributed by atoms with Crippen LogP contribution in [-0.4, -0.2) is 36.0 Å². The van der Waals surface area contributed by atoms with Crippen LogP contribution < -0.4 is 0 Å². The Hall–Kier alpha value is -0.830. The van der Waals surface area contributed by atoms with Gasteiger partial charge in [0, 0.05) is 31.3 Å². The number of morpholine rings is 1. The Labute approximate surface area is 104 Å². The number of carbonyl (C=O) groups excluding carboxylic acids is 1. The van der Waals surface area contributed by atoms with E-state index in [4.69, 9.17) is 4.74 Å². The van der Waals surface area contributed by atoms with Crippen molar-refractivity contribution in [1.29, 1.82) is 0 Å². The lowest BCUT2D eigenvalue weighted by Crippen LogP contribution is -2.46. The molecule has 1 heterocycles. The van der Waals surface area contributed by atoms with Crippen LogP contribution in [0.1, 0.15) is 40.5 Å². The summed E-state index contributed by atoms with van der Waals surface area (Å²) in [5.74, 6) is 0.267. The molecule has 0 aromatic carbocycles. The van der Waals surface area contributed by atoms with Crippen LogP contribution in [0.25, 0.3) is 0 Å². The van der Waals surface area contributed by atoms with Crippen molar-refractivity contribution in [2.24, 2.45) is 5.41 Å². The second-order valence-electron chi connectivity index (χ2n) is 6.28. The van der Waals surface area contributed by atoms with Crippen LogP contribution in [0, 0.1) is 5.41 Å². The van der Waals surface area contributed by atoms with Crippen LogP contribution in [0.2, 0.25) is 0 Å². The highest BCUT2D eigenvalue weighted by atomic mass is 16.5. The van der Waals surface area contributed by atoms with E-state index in [-0.39, 0.29) is 23.4 Å². The third kappa shape index (κ3) is 3.09. The summed E-state index contributed by atoms with van der Waals surface area (Å²) in [6.45, 7) is 10.3. The Bertz CT molecular complexity index is 336. The van der Waals surface area contributed by atoms with Crippen LogP contribution in [-0.2, 0) is 9.53 Å². The first-order chi connectivity index (χ1) is 7.85. The lowest BCUT2D eigenvalue weighted by molar-refractivity contribution is -0.117. The van der Waals surface area contributed by atoms with Crippen molar-refractivity contribution in [3.63, 3.8) is 0 Å². The fraction of sp³-hybridized carbons (Fsp3) is 0.786. The van der Waals surface area contributed by atoms with Gasteiger partial charge in [-0.3, -0.25) is 4.79 Å². The number of carbonyl (C=O) groups is 1. The highest BCUT2D eigenvalue weighted by molar-refractivity contribution is 5.91. The first-order valence-corrected chi connectivity index (χ1v) is 6.49. The van der Waals surface area contributed by atoms with Gasteiger partial charge in [-0.1, -0.05) is 13.8 Å². The number of hydrogen-bond donors (Lipinski definition) is 0. The fourth-order valence-electron chi connectivity index (χ4n) is 2.93. The summed E-state index contributed by atoms with van der Waals surface area (Å²) in [6.07, 6.45) is 4.01. The smallest absolute Gasteiger partial charge is 0.157 e. The zero-order chi connectivity index (χ0) is 12.6. The number of allylic oxidation sites excluding steroid dienone is 2. The number of rotatable bonds is 1. The van der Waals surface area contributed by atoms with E-state index in [0.717, 1.165) is 19.5 Å². The minimum Gasteiger partial charge on any atom is -0.372 e. The van der Waals surface area contributed by atoms with Gasteiger partial charge in [-0.2, -0.15) is 0 Å². The van der Waals surface area contributed by atoms with Gasteiger partial charge in [0.15, 0.2) is 5.78 Å². The van der Waals surface area contributed by atoms with Gasteiger partial charge >= 0.3 is 0 Å². The molecule has 1 fully saturated rings. The summed E-state index contributed by atoms with van der Waals surface area (Å²) in [4.78, 5) is 14.1. The molecular weight excluding hydrogens is 214 g/mol.